The van der Waals surface area contributed by atoms with Gasteiger partial charge in [-0.2, -0.15) is 0 Å². The van der Waals surface area contributed by atoms with E-state index in [4.69, 9.17) is 9.47 Å². The lowest BCUT2D eigenvalue weighted by atomic mass is 10.1. The van der Waals surface area contributed by atoms with Crippen molar-refractivity contribution in [3.8, 4) is 5.75 Å². The van der Waals surface area contributed by atoms with Crippen LogP contribution in [-0.2, 0) is 22.4 Å². The highest BCUT2D eigenvalue weighted by molar-refractivity contribution is 7.14. The number of anilines is 1. The van der Waals surface area contributed by atoms with Crippen LogP contribution < -0.4 is 9.64 Å². The van der Waals surface area contributed by atoms with Crippen molar-refractivity contribution in [1.82, 2.24) is 4.90 Å². The minimum absolute atomic E-state index is 0.0464. The minimum Gasteiger partial charge on any atom is -0.476 e. The maximum absolute atomic E-state index is 13.3. The average Bonchev–Trinajstić information content (AvgIpc) is 3.35. The fraction of sp³-hybridized carbons (Fsp3) is 0.429. The topological polar surface area (TPSA) is 59.1 Å². The van der Waals surface area contributed by atoms with E-state index in [-0.39, 0.29) is 18.4 Å². The van der Waals surface area contributed by atoms with Gasteiger partial charge in [0.1, 0.15) is 5.75 Å². The number of hydrogen-bond acceptors (Lipinski definition) is 5. The highest BCUT2D eigenvalue weighted by Gasteiger charge is 2.37. The van der Waals surface area contributed by atoms with E-state index in [0.29, 0.717) is 32.1 Å². The Morgan fingerprint density at radius 3 is 2.75 bits per heavy atom. The van der Waals surface area contributed by atoms with Crippen molar-refractivity contribution in [2.24, 2.45) is 0 Å². The molecular formula is C21H22N2O4S. The third-order valence-corrected chi connectivity index (χ3v) is 6.80. The minimum atomic E-state index is -0.691. The highest BCUT2D eigenvalue weighted by Crippen LogP contribution is 2.37. The van der Waals surface area contributed by atoms with Gasteiger partial charge in [-0.3, -0.25) is 14.5 Å². The molecule has 6 nitrogen and oxygen atoms in total. The van der Waals surface area contributed by atoms with Gasteiger partial charge in [0.25, 0.3) is 11.8 Å². The molecule has 0 N–H and O–H groups in total. The molecule has 0 saturated carbocycles. The molecule has 0 spiro atoms. The number of fused-ring (bicyclic) bond motifs is 2. The summed E-state index contributed by atoms with van der Waals surface area (Å²) in [6.07, 6.45) is 2.59. The summed E-state index contributed by atoms with van der Waals surface area (Å²) in [5.41, 5.74) is 2.03. The van der Waals surface area contributed by atoms with E-state index in [2.05, 4.69) is 0 Å². The fourth-order valence-corrected chi connectivity index (χ4v) is 5.31. The summed E-state index contributed by atoms with van der Waals surface area (Å²) in [5, 5.41) is 0. The Morgan fingerprint density at radius 2 is 1.93 bits per heavy atom. The van der Waals surface area contributed by atoms with Crippen molar-refractivity contribution < 1.29 is 19.1 Å². The van der Waals surface area contributed by atoms with Crippen LogP contribution in [0.1, 0.15) is 26.5 Å². The lowest BCUT2D eigenvalue weighted by molar-refractivity contribution is -0.142. The molecule has 1 aromatic heterocycles. The molecule has 0 radical (unpaired) electrons. The van der Waals surface area contributed by atoms with Gasteiger partial charge in [-0.1, -0.05) is 12.1 Å². The zero-order chi connectivity index (χ0) is 19.1. The smallest absolute Gasteiger partial charge is 0.268 e. The predicted octanol–water partition coefficient (Wildman–Crippen LogP) is 2.50. The van der Waals surface area contributed by atoms with Gasteiger partial charge in [-0.15, -0.1) is 11.3 Å². The molecule has 1 atom stereocenters. The Morgan fingerprint density at radius 1 is 1.11 bits per heavy atom. The van der Waals surface area contributed by atoms with Crippen molar-refractivity contribution in [1.29, 1.82) is 0 Å². The van der Waals surface area contributed by atoms with Gasteiger partial charge in [-0.05, 0) is 43.0 Å². The summed E-state index contributed by atoms with van der Waals surface area (Å²) in [6, 6.07) is 9.49. The molecule has 7 heteroatoms. The molecule has 1 fully saturated rings. The number of hydrogen-bond donors (Lipinski definition) is 0. The second-order valence-electron chi connectivity index (χ2n) is 7.34. The summed E-state index contributed by atoms with van der Waals surface area (Å²) in [7, 11) is 0. The van der Waals surface area contributed by atoms with Crippen LogP contribution in [0, 0.1) is 0 Å². The van der Waals surface area contributed by atoms with Crippen LogP contribution in [0.4, 0.5) is 5.69 Å². The van der Waals surface area contributed by atoms with Crippen LogP contribution in [0.5, 0.6) is 5.75 Å². The third-order valence-electron chi connectivity index (χ3n) is 5.57. The molecule has 1 saturated heterocycles. The van der Waals surface area contributed by atoms with E-state index in [0.717, 1.165) is 23.4 Å². The van der Waals surface area contributed by atoms with Crippen molar-refractivity contribution in [2.75, 3.05) is 37.7 Å². The van der Waals surface area contributed by atoms with Crippen molar-refractivity contribution in [2.45, 2.75) is 25.4 Å². The maximum Gasteiger partial charge on any atom is 0.268 e. The first-order valence-corrected chi connectivity index (χ1v) is 10.6. The number of para-hydroxylation sites is 2. The van der Waals surface area contributed by atoms with Gasteiger partial charge in [0.15, 0.2) is 6.10 Å². The number of thiophene rings is 1. The molecule has 2 aliphatic heterocycles. The SMILES string of the molecule is O=C([C@@H]1CN(C(=O)c2cc3c(s2)CCC3)c2ccccc2O1)N1CCOCC1. The van der Waals surface area contributed by atoms with Crippen LogP contribution in [0.25, 0.3) is 0 Å². The molecule has 1 aliphatic carbocycles. The van der Waals surface area contributed by atoms with E-state index in [1.54, 1.807) is 21.1 Å². The molecule has 5 rings (SSSR count). The van der Waals surface area contributed by atoms with E-state index in [9.17, 15) is 9.59 Å². The Balaban J connectivity index is 1.43. The molecule has 146 valence electrons. The van der Waals surface area contributed by atoms with Gasteiger partial charge in [0.05, 0.1) is 30.3 Å². The number of ether oxygens (including phenoxy) is 2. The first-order chi connectivity index (χ1) is 13.7. The fourth-order valence-electron chi connectivity index (χ4n) is 4.11. The number of rotatable bonds is 2. The molecular weight excluding hydrogens is 376 g/mol. The van der Waals surface area contributed by atoms with E-state index < -0.39 is 6.10 Å². The number of nitrogens with zero attached hydrogens (tertiary/aromatic N) is 2. The number of benzene rings is 1. The van der Waals surface area contributed by atoms with Crippen molar-refractivity contribution in [3.63, 3.8) is 0 Å². The van der Waals surface area contributed by atoms with Gasteiger partial charge < -0.3 is 14.4 Å². The molecule has 3 aliphatic rings. The molecule has 1 aromatic carbocycles. The highest BCUT2D eigenvalue weighted by atomic mass is 32.1. The lowest BCUT2D eigenvalue weighted by Gasteiger charge is -2.37. The summed E-state index contributed by atoms with van der Waals surface area (Å²) in [6.45, 7) is 2.43. The molecule has 0 bridgehead atoms. The number of aryl methyl sites for hydroxylation is 2. The van der Waals surface area contributed by atoms with Crippen LogP contribution in [0.3, 0.4) is 0 Å². The molecule has 28 heavy (non-hydrogen) atoms. The number of morpholine rings is 1. The second kappa shape index (κ2) is 7.22. The number of amides is 2. The quantitative estimate of drug-likeness (QED) is 0.780. The Bertz CT molecular complexity index is 897. The van der Waals surface area contributed by atoms with Crippen LogP contribution in [0.15, 0.2) is 30.3 Å². The maximum atomic E-state index is 13.3. The molecule has 3 heterocycles. The van der Waals surface area contributed by atoms with E-state index in [1.807, 2.05) is 30.3 Å². The van der Waals surface area contributed by atoms with Gasteiger partial charge in [0.2, 0.25) is 0 Å². The first kappa shape index (κ1) is 17.7. The summed E-state index contributed by atoms with van der Waals surface area (Å²) in [4.78, 5) is 31.9. The zero-order valence-electron chi connectivity index (χ0n) is 15.6. The molecule has 2 aromatic rings. The monoisotopic (exact) mass is 398 g/mol. The predicted molar refractivity (Wildman–Crippen MR) is 106 cm³/mol. The largest absolute Gasteiger partial charge is 0.476 e. The Hall–Kier alpha value is -2.38. The van der Waals surface area contributed by atoms with Crippen molar-refractivity contribution >= 4 is 28.8 Å². The van der Waals surface area contributed by atoms with Crippen molar-refractivity contribution in [3.05, 3.63) is 45.6 Å². The van der Waals surface area contributed by atoms with Gasteiger partial charge >= 0.3 is 0 Å². The normalized spacial score (nSPS) is 21.1. The third kappa shape index (κ3) is 3.08. The average molecular weight is 398 g/mol. The standard InChI is InChI=1S/C21H22N2O4S/c24-20(22-8-10-26-11-9-22)17-13-23(15-5-1-2-6-16(15)27-17)21(25)19-12-14-4-3-7-18(14)28-19/h1-2,5-6,12,17H,3-4,7-11,13H2/t17-/m0/s1. The second-order valence-corrected chi connectivity index (χ2v) is 8.48. The number of carbonyl (C=O) groups is 2. The van der Waals surface area contributed by atoms with Gasteiger partial charge in [0, 0.05) is 18.0 Å². The van der Waals surface area contributed by atoms with Gasteiger partial charge in [-0.25, -0.2) is 0 Å². The number of carbonyl (C=O) groups excluding carboxylic acids is 2. The Kier molecular flexibility index (Phi) is 4.56. The van der Waals surface area contributed by atoms with Crippen LogP contribution in [-0.4, -0.2) is 55.7 Å². The molecule has 2 amide bonds. The van der Waals surface area contributed by atoms with E-state index in [1.165, 1.54) is 16.9 Å². The van der Waals surface area contributed by atoms with Crippen LogP contribution in [0.2, 0.25) is 0 Å². The lowest BCUT2D eigenvalue weighted by Crippen LogP contribution is -2.54. The molecule has 0 unspecified atom stereocenters. The Labute approximate surface area is 167 Å². The summed E-state index contributed by atoms with van der Waals surface area (Å²) in [5.74, 6) is 0.456. The van der Waals surface area contributed by atoms with Crippen LogP contribution >= 0.6 is 11.3 Å². The first-order valence-electron chi connectivity index (χ1n) is 9.76. The zero-order valence-corrected chi connectivity index (χ0v) is 16.4. The summed E-state index contributed by atoms with van der Waals surface area (Å²) < 4.78 is 11.3. The van der Waals surface area contributed by atoms with E-state index >= 15 is 0 Å². The summed E-state index contributed by atoms with van der Waals surface area (Å²) >= 11 is 1.59.